The van der Waals surface area contributed by atoms with Crippen molar-refractivity contribution >= 4 is 45.2 Å². The summed E-state index contributed by atoms with van der Waals surface area (Å²) >= 11 is 4.82. The Hall–Kier alpha value is -3.74. The summed E-state index contributed by atoms with van der Waals surface area (Å²) in [6.45, 7) is 6.12. The summed E-state index contributed by atoms with van der Waals surface area (Å²) in [6.07, 6.45) is 3.12. The topological polar surface area (TPSA) is 109 Å². The van der Waals surface area contributed by atoms with E-state index in [0.29, 0.717) is 69.3 Å². The van der Waals surface area contributed by atoms with Crippen molar-refractivity contribution in [3.8, 4) is 11.5 Å². The minimum atomic E-state index is -0.726. The summed E-state index contributed by atoms with van der Waals surface area (Å²) < 4.78 is 24.6. The van der Waals surface area contributed by atoms with E-state index in [1.807, 2.05) is 31.2 Å². The summed E-state index contributed by atoms with van der Waals surface area (Å²) in [5.41, 5.74) is 2.22. The van der Waals surface area contributed by atoms with Crippen molar-refractivity contribution < 1.29 is 28.5 Å². The second-order valence-corrected chi connectivity index (χ2v) is 12.0. The Labute approximate surface area is 267 Å². The lowest BCUT2D eigenvalue weighted by Crippen LogP contribution is -2.42. The van der Waals surface area contributed by atoms with Crippen LogP contribution >= 0.6 is 27.3 Å². The highest BCUT2D eigenvalue weighted by Gasteiger charge is 2.34. The van der Waals surface area contributed by atoms with Gasteiger partial charge in [0.05, 0.1) is 53.2 Å². The zero-order valence-electron chi connectivity index (χ0n) is 24.8. The first-order chi connectivity index (χ1) is 21.3. The number of hydrogen-bond donors (Lipinski definition) is 0. The molecule has 0 saturated carbocycles. The van der Waals surface area contributed by atoms with Crippen molar-refractivity contribution in [1.82, 2.24) is 9.47 Å². The van der Waals surface area contributed by atoms with Crippen LogP contribution in [0.25, 0.3) is 6.08 Å². The highest BCUT2D eigenvalue weighted by atomic mass is 79.9. The number of morpholine rings is 1. The Morgan fingerprint density at radius 1 is 1.14 bits per heavy atom. The first-order valence-corrected chi connectivity index (χ1v) is 16.1. The third-order valence-electron chi connectivity index (χ3n) is 7.29. The molecule has 232 valence electrons. The van der Waals surface area contributed by atoms with E-state index < -0.39 is 12.0 Å². The molecule has 5 rings (SSSR count). The number of benzene rings is 2. The Morgan fingerprint density at radius 3 is 2.55 bits per heavy atom. The van der Waals surface area contributed by atoms with Crippen LogP contribution in [-0.2, 0) is 19.1 Å². The van der Waals surface area contributed by atoms with Gasteiger partial charge in [0.1, 0.15) is 11.5 Å². The molecule has 0 aliphatic carbocycles. The van der Waals surface area contributed by atoms with E-state index in [2.05, 4.69) is 15.9 Å². The number of fused-ring (bicyclic) bond motifs is 1. The third kappa shape index (κ3) is 6.82. The fourth-order valence-corrected chi connectivity index (χ4v) is 6.73. The molecule has 0 N–H and O–H groups in total. The number of esters is 1. The maximum Gasteiger partial charge on any atom is 0.338 e. The van der Waals surface area contributed by atoms with E-state index in [0.717, 1.165) is 17.5 Å². The SMILES string of the molecule is CCCC1=C(C(=O)OCC)[C@@H](c2ccc(OC)c(Br)c2)n2c(s/c(=C/c3ccc(OCC(=O)N4CCOCC4)cc3)c2=O)=N1. The van der Waals surface area contributed by atoms with Gasteiger partial charge in [0.15, 0.2) is 11.4 Å². The van der Waals surface area contributed by atoms with Gasteiger partial charge in [-0.2, -0.15) is 0 Å². The standard InChI is InChI=1S/C32H34BrN3O7S/c1-4-6-24-28(31(39)42-5-2)29(21-9-12-25(40-3)23(33)18-21)36-30(38)26(44-32(36)34-24)17-20-7-10-22(11-8-20)43-19-27(37)35-13-15-41-16-14-35/h7-12,17-18,29H,4-6,13-16,19H2,1-3H3/b26-17+/t29-/m1/s1. The fraction of sp³-hybridized carbons (Fsp3) is 0.375. The average Bonchev–Trinajstić information content (AvgIpc) is 3.34. The smallest absolute Gasteiger partial charge is 0.338 e. The first-order valence-electron chi connectivity index (χ1n) is 14.5. The molecular weight excluding hydrogens is 650 g/mol. The van der Waals surface area contributed by atoms with Gasteiger partial charge in [-0.05, 0) is 70.7 Å². The van der Waals surface area contributed by atoms with Crippen molar-refractivity contribution in [2.45, 2.75) is 32.7 Å². The number of carbonyl (C=O) groups excluding carboxylic acids is 2. The predicted octanol–water partition coefficient (Wildman–Crippen LogP) is 3.59. The number of nitrogens with zero attached hydrogens (tertiary/aromatic N) is 3. The summed E-state index contributed by atoms with van der Waals surface area (Å²) in [4.78, 5) is 46.8. The molecule has 0 spiro atoms. The van der Waals surface area contributed by atoms with E-state index in [-0.39, 0.29) is 24.7 Å². The van der Waals surface area contributed by atoms with Crippen LogP contribution in [0.3, 0.4) is 0 Å². The molecule has 1 amide bonds. The third-order valence-corrected chi connectivity index (χ3v) is 8.89. The van der Waals surface area contributed by atoms with Gasteiger partial charge in [-0.15, -0.1) is 0 Å². The first kappa shape index (κ1) is 31.7. The van der Waals surface area contributed by atoms with Crippen LogP contribution in [0.1, 0.15) is 43.9 Å². The number of methoxy groups -OCH3 is 1. The molecule has 0 unspecified atom stereocenters. The Kier molecular flexibility index (Phi) is 10.3. The number of halogens is 1. The number of rotatable bonds is 10. The fourth-order valence-electron chi connectivity index (χ4n) is 5.15. The van der Waals surface area contributed by atoms with Gasteiger partial charge in [-0.25, -0.2) is 9.79 Å². The van der Waals surface area contributed by atoms with Crippen molar-refractivity contribution in [2.24, 2.45) is 4.99 Å². The molecule has 1 saturated heterocycles. The lowest BCUT2D eigenvalue weighted by molar-refractivity contribution is -0.139. The normalized spacial score (nSPS) is 16.8. The predicted molar refractivity (Wildman–Crippen MR) is 170 cm³/mol. The molecule has 1 fully saturated rings. The zero-order valence-corrected chi connectivity index (χ0v) is 27.2. The van der Waals surface area contributed by atoms with E-state index in [9.17, 15) is 14.4 Å². The van der Waals surface area contributed by atoms with Gasteiger partial charge in [-0.3, -0.25) is 14.2 Å². The van der Waals surface area contributed by atoms with E-state index in [1.54, 1.807) is 47.8 Å². The molecule has 2 aliphatic heterocycles. The van der Waals surface area contributed by atoms with Gasteiger partial charge >= 0.3 is 5.97 Å². The largest absolute Gasteiger partial charge is 0.496 e. The highest BCUT2D eigenvalue weighted by molar-refractivity contribution is 9.10. The number of thiazole rings is 1. The highest BCUT2D eigenvalue weighted by Crippen LogP contribution is 2.36. The van der Waals surface area contributed by atoms with Gasteiger partial charge in [0.2, 0.25) is 0 Å². The quantitative estimate of drug-likeness (QED) is 0.301. The Bertz CT molecular complexity index is 1740. The molecule has 10 nitrogen and oxygen atoms in total. The summed E-state index contributed by atoms with van der Waals surface area (Å²) in [5.74, 6) is 0.614. The molecule has 3 heterocycles. The van der Waals surface area contributed by atoms with Gasteiger partial charge in [0.25, 0.3) is 11.5 Å². The molecule has 2 aliphatic rings. The molecule has 1 atom stereocenters. The summed E-state index contributed by atoms with van der Waals surface area (Å²) in [6, 6.07) is 12.0. The van der Waals surface area contributed by atoms with E-state index in [1.165, 1.54) is 11.3 Å². The minimum absolute atomic E-state index is 0.0533. The van der Waals surface area contributed by atoms with Crippen molar-refractivity contribution in [3.63, 3.8) is 0 Å². The average molecular weight is 685 g/mol. The lowest BCUT2D eigenvalue weighted by atomic mass is 9.94. The molecule has 3 aromatic rings. The zero-order chi connectivity index (χ0) is 31.2. The second kappa shape index (κ2) is 14.4. The van der Waals surface area contributed by atoms with Crippen LogP contribution in [0.4, 0.5) is 0 Å². The van der Waals surface area contributed by atoms with Crippen LogP contribution in [0, 0.1) is 0 Å². The van der Waals surface area contributed by atoms with Crippen LogP contribution < -0.4 is 24.4 Å². The maximum atomic E-state index is 14.0. The lowest BCUT2D eigenvalue weighted by Gasteiger charge is -2.26. The van der Waals surface area contributed by atoms with Crippen LogP contribution in [0.15, 0.2) is 68.0 Å². The molecule has 44 heavy (non-hydrogen) atoms. The second-order valence-electron chi connectivity index (χ2n) is 10.2. The molecule has 0 radical (unpaired) electrons. The summed E-state index contributed by atoms with van der Waals surface area (Å²) in [5, 5.41) is 0. The van der Waals surface area contributed by atoms with Crippen molar-refractivity contribution in [1.29, 1.82) is 0 Å². The van der Waals surface area contributed by atoms with Gasteiger partial charge in [-0.1, -0.05) is 42.9 Å². The number of allylic oxidation sites excluding steroid dienone is 1. The molecule has 1 aromatic heterocycles. The molecule has 0 bridgehead atoms. The number of ether oxygens (including phenoxy) is 4. The number of aromatic nitrogens is 1. The van der Waals surface area contributed by atoms with Crippen LogP contribution in [-0.4, -0.2) is 68.0 Å². The molecule has 12 heteroatoms. The molecular formula is C32H34BrN3O7S. The van der Waals surface area contributed by atoms with Crippen LogP contribution in [0.2, 0.25) is 0 Å². The number of amides is 1. The van der Waals surface area contributed by atoms with E-state index in [4.69, 9.17) is 23.9 Å². The van der Waals surface area contributed by atoms with E-state index >= 15 is 0 Å². The van der Waals surface area contributed by atoms with Crippen LogP contribution in [0.5, 0.6) is 11.5 Å². The minimum Gasteiger partial charge on any atom is -0.496 e. The van der Waals surface area contributed by atoms with Crippen molar-refractivity contribution in [2.75, 3.05) is 46.6 Å². The maximum absolute atomic E-state index is 14.0. The van der Waals surface area contributed by atoms with Gasteiger partial charge in [0, 0.05) is 13.1 Å². The monoisotopic (exact) mass is 683 g/mol. The Morgan fingerprint density at radius 2 is 1.89 bits per heavy atom. The molecule has 2 aromatic carbocycles. The van der Waals surface area contributed by atoms with Crippen molar-refractivity contribution in [3.05, 3.63) is 89.0 Å². The number of hydrogen-bond acceptors (Lipinski definition) is 9. The summed E-state index contributed by atoms with van der Waals surface area (Å²) in [7, 11) is 1.58. The number of carbonyl (C=O) groups is 2. The van der Waals surface area contributed by atoms with Gasteiger partial charge < -0.3 is 23.8 Å². The Balaban J connectivity index is 1.50.